The summed E-state index contributed by atoms with van der Waals surface area (Å²) in [7, 11) is 0. The number of aromatic nitrogens is 5. The zero-order valence-corrected chi connectivity index (χ0v) is 23.8. The van der Waals surface area contributed by atoms with E-state index in [1.165, 1.54) is 0 Å². The second-order valence-corrected chi connectivity index (χ2v) is 10.4. The summed E-state index contributed by atoms with van der Waals surface area (Å²) in [5.74, 6) is 2.32. The van der Waals surface area contributed by atoms with Crippen molar-refractivity contribution in [3.8, 4) is 28.4 Å². The zero-order valence-electron chi connectivity index (χ0n) is 23.8. The molecule has 0 amide bonds. The summed E-state index contributed by atoms with van der Waals surface area (Å²) in [6.07, 6.45) is 11.1. The van der Waals surface area contributed by atoms with Gasteiger partial charge in [-0.2, -0.15) is 0 Å². The monoisotopic (exact) mass is 563 g/mol. The van der Waals surface area contributed by atoms with Crippen LogP contribution in [0.2, 0.25) is 0 Å². The van der Waals surface area contributed by atoms with Crippen LogP contribution in [-0.4, -0.2) is 37.5 Å². The van der Waals surface area contributed by atoms with Crippen molar-refractivity contribution in [3.05, 3.63) is 94.6 Å². The third kappa shape index (κ3) is 5.65. The van der Waals surface area contributed by atoms with E-state index in [0.29, 0.717) is 36.5 Å². The van der Waals surface area contributed by atoms with Gasteiger partial charge in [0.1, 0.15) is 5.84 Å². The molecule has 0 atom stereocenters. The third-order valence-electron chi connectivity index (χ3n) is 7.38. The molecule has 0 unspecified atom stereocenters. The minimum Gasteiger partial charge on any atom is -0.491 e. The number of hydrogen-bond acceptors (Lipinski definition) is 9. The van der Waals surface area contributed by atoms with Crippen LogP contribution < -0.4 is 15.4 Å². The molecule has 3 aromatic heterocycles. The van der Waals surface area contributed by atoms with E-state index in [4.69, 9.17) is 19.2 Å². The lowest BCUT2D eigenvalue weighted by Crippen LogP contribution is -2.37. The highest BCUT2D eigenvalue weighted by molar-refractivity contribution is 6.04. The van der Waals surface area contributed by atoms with E-state index in [1.54, 1.807) is 12.4 Å². The fourth-order valence-corrected chi connectivity index (χ4v) is 5.11. The number of aliphatic imine (C=N–C) groups is 1. The van der Waals surface area contributed by atoms with Crippen LogP contribution in [0.25, 0.3) is 22.6 Å². The van der Waals surface area contributed by atoms with Crippen molar-refractivity contribution in [1.82, 2.24) is 25.1 Å². The predicted molar refractivity (Wildman–Crippen MR) is 161 cm³/mol. The Morgan fingerprint density at radius 1 is 1.05 bits per heavy atom. The van der Waals surface area contributed by atoms with Crippen LogP contribution in [0.4, 0.5) is 5.95 Å². The quantitative estimate of drug-likeness (QED) is 0.232. The Balaban J connectivity index is 1.32. The van der Waals surface area contributed by atoms with Crippen LogP contribution in [0.15, 0.2) is 92.8 Å². The first-order valence-electron chi connectivity index (χ1n) is 14.4. The molecule has 10 heteroatoms. The fraction of sp³-hybridized carbons (Fsp3) is 0.312. The lowest BCUT2D eigenvalue weighted by molar-refractivity contribution is 0.337. The molecule has 1 aliphatic carbocycles. The summed E-state index contributed by atoms with van der Waals surface area (Å²) in [5, 5.41) is 3.86. The predicted octanol–water partition coefficient (Wildman–Crippen LogP) is 6.11. The number of allylic oxidation sites excluding steroid dienone is 2. The van der Waals surface area contributed by atoms with Crippen molar-refractivity contribution >= 4 is 11.8 Å². The first-order valence-corrected chi connectivity index (χ1v) is 14.4. The average molecular weight is 564 g/mol. The maximum atomic E-state index is 11.5. The molecule has 1 aliphatic heterocycles. The average Bonchev–Trinajstić information content (AvgIpc) is 3.78. The molecule has 42 heavy (non-hydrogen) atoms. The summed E-state index contributed by atoms with van der Waals surface area (Å²) in [6, 6.07) is 11.7. The molecule has 0 bridgehead atoms. The summed E-state index contributed by atoms with van der Waals surface area (Å²) >= 11 is 0. The van der Waals surface area contributed by atoms with Gasteiger partial charge < -0.3 is 4.74 Å². The molecule has 0 radical (unpaired) electrons. The van der Waals surface area contributed by atoms with E-state index in [2.05, 4.69) is 39.7 Å². The van der Waals surface area contributed by atoms with Gasteiger partial charge in [0, 0.05) is 46.6 Å². The van der Waals surface area contributed by atoms with Gasteiger partial charge in [0.15, 0.2) is 11.6 Å². The molecule has 4 heterocycles. The van der Waals surface area contributed by atoms with Crippen LogP contribution in [-0.2, 0) is 6.42 Å². The van der Waals surface area contributed by atoms with Gasteiger partial charge in [-0.1, -0.05) is 55.4 Å². The van der Waals surface area contributed by atoms with Crippen molar-refractivity contribution in [3.63, 3.8) is 0 Å². The highest BCUT2D eigenvalue weighted by Crippen LogP contribution is 2.41. The Morgan fingerprint density at radius 2 is 1.83 bits per heavy atom. The van der Waals surface area contributed by atoms with Crippen molar-refractivity contribution in [2.24, 2.45) is 10.9 Å². The van der Waals surface area contributed by atoms with E-state index >= 15 is 0 Å². The molecule has 10 nitrogen and oxygen atoms in total. The summed E-state index contributed by atoms with van der Waals surface area (Å²) in [4.78, 5) is 35.4. The van der Waals surface area contributed by atoms with Crippen molar-refractivity contribution < 1.29 is 9.26 Å². The van der Waals surface area contributed by atoms with Gasteiger partial charge in [-0.15, -0.1) is 0 Å². The van der Waals surface area contributed by atoms with Crippen molar-refractivity contribution in [2.45, 2.75) is 52.4 Å². The van der Waals surface area contributed by atoms with Gasteiger partial charge in [-0.05, 0) is 44.2 Å². The van der Waals surface area contributed by atoms with Crippen molar-refractivity contribution in [1.29, 1.82) is 0 Å². The minimum absolute atomic E-state index is 0.367. The Morgan fingerprint density at radius 3 is 2.48 bits per heavy atom. The maximum absolute atomic E-state index is 11.5. The number of anilines is 1. The second kappa shape index (κ2) is 11.9. The first-order chi connectivity index (χ1) is 20.6. The first kappa shape index (κ1) is 27.3. The molecule has 0 saturated heterocycles. The van der Waals surface area contributed by atoms with Crippen molar-refractivity contribution in [2.75, 3.05) is 11.5 Å². The number of hydrogen-bond donors (Lipinski definition) is 1. The van der Waals surface area contributed by atoms with Crippen LogP contribution in [0, 0.1) is 5.92 Å². The van der Waals surface area contributed by atoms with Gasteiger partial charge in [0.05, 0.1) is 24.7 Å². The number of unbranched alkanes of at least 4 members (excludes halogenated alkanes) is 1. The number of rotatable bonds is 11. The third-order valence-corrected chi connectivity index (χ3v) is 7.38. The van der Waals surface area contributed by atoms with E-state index in [1.807, 2.05) is 48.4 Å². The van der Waals surface area contributed by atoms with E-state index < -0.39 is 5.76 Å². The Hall–Kier alpha value is -4.86. The van der Waals surface area contributed by atoms with Gasteiger partial charge in [0.25, 0.3) is 0 Å². The normalized spacial score (nSPS) is 15.2. The Kier molecular flexibility index (Phi) is 7.76. The number of nitrogens with one attached hydrogen (secondary N) is 1. The standard InChI is InChI=1S/C32H33N7O3/c1-4-6-11-28-26(20(3)39(30(36-28)22-13-14-22)31-34-18-23(19-35-31)41-5-2)16-21-12-15-27(33-17-21)24-9-7-8-10-25(24)29-37-32(40)42-38-29/h7-10,12,15,17-19,22H,3-6,11,13-14,16H2,1-2H3,(H,37,38,40). The SMILES string of the molecule is C=C1C(Cc2ccc(-c3ccccc3-c3noc(=O)[nH]3)nc2)=C(CCCC)N=C(C2CC2)N1c1ncc(OCC)cn1. The molecular weight excluding hydrogens is 530 g/mol. The topological polar surface area (TPSA) is 122 Å². The number of ether oxygens (including phenoxy) is 1. The number of benzene rings is 1. The van der Waals surface area contributed by atoms with Gasteiger partial charge in [-0.25, -0.2) is 19.8 Å². The number of H-pyrrole nitrogens is 1. The van der Waals surface area contributed by atoms with Gasteiger partial charge in [0.2, 0.25) is 5.95 Å². The maximum Gasteiger partial charge on any atom is 0.439 e. The van der Waals surface area contributed by atoms with Gasteiger partial charge >= 0.3 is 5.76 Å². The van der Waals surface area contributed by atoms with Crippen LogP contribution in [0.1, 0.15) is 51.5 Å². The molecule has 6 rings (SSSR count). The number of nitrogens with zero attached hydrogens (tertiary/aromatic N) is 6. The highest BCUT2D eigenvalue weighted by atomic mass is 16.5. The number of amidine groups is 1. The van der Waals surface area contributed by atoms with E-state index in [-0.39, 0.29) is 0 Å². The zero-order chi connectivity index (χ0) is 29.1. The Labute approximate surface area is 243 Å². The summed E-state index contributed by atoms with van der Waals surface area (Å²) in [5.41, 5.74) is 6.38. The molecule has 1 fully saturated rings. The van der Waals surface area contributed by atoms with Crippen LogP contribution in [0.5, 0.6) is 5.75 Å². The summed E-state index contributed by atoms with van der Waals surface area (Å²) in [6.45, 7) is 9.24. The Bertz CT molecular complexity index is 1700. The largest absolute Gasteiger partial charge is 0.491 e. The summed E-state index contributed by atoms with van der Waals surface area (Å²) < 4.78 is 10.3. The minimum atomic E-state index is -0.597. The highest BCUT2D eigenvalue weighted by Gasteiger charge is 2.38. The smallest absolute Gasteiger partial charge is 0.439 e. The van der Waals surface area contributed by atoms with E-state index in [0.717, 1.165) is 77.3 Å². The number of pyridine rings is 1. The molecular formula is C32H33N7O3. The molecule has 1 aromatic carbocycles. The molecule has 1 N–H and O–H groups in total. The van der Waals surface area contributed by atoms with Gasteiger partial charge in [-0.3, -0.25) is 19.4 Å². The van der Waals surface area contributed by atoms with Crippen LogP contribution in [0.3, 0.4) is 0 Å². The second-order valence-electron chi connectivity index (χ2n) is 10.4. The fourth-order valence-electron chi connectivity index (χ4n) is 5.11. The molecule has 214 valence electrons. The molecule has 1 saturated carbocycles. The number of aromatic amines is 1. The molecule has 2 aliphatic rings. The van der Waals surface area contributed by atoms with E-state index in [9.17, 15) is 4.79 Å². The lowest BCUT2D eigenvalue weighted by Gasteiger charge is -2.33. The lowest BCUT2D eigenvalue weighted by atomic mass is 9.96. The molecule has 4 aromatic rings. The molecule has 0 spiro atoms. The van der Waals surface area contributed by atoms with Crippen LogP contribution >= 0.6 is 0 Å².